The Balaban J connectivity index is 2.13. The summed E-state index contributed by atoms with van der Waals surface area (Å²) in [4.78, 5) is 11.2. The van der Waals surface area contributed by atoms with Crippen LogP contribution in [0.25, 0.3) is 10.2 Å². The lowest BCUT2D eigenvalue weighted by atomic mass is 9.96. The van der Waals surface area contributed by atoms with Crippen LogP contribution >= 0.6 is 23.1 Å². The molecule has 1 aliphatic heterocycles. The van der Waals surface area contributed by atoms with E-state index in [-0.39, 0.29) is 6.10 Å². The maximum atomic E-state index is 6.12. The van der Waals surface area contributed by atoms with E-state index in [1.807, 2.05) is 6.26 Å². The van der Waals surface area contributed by atoms with E-state index in [1.54, 1.807) is 11.3 Å². The van der Waals surface area contributed by atoms with Crippen molar-refractivity contribution < 1.29 is 4.74 Å². The maximum Gasteiger partial charge on any atom is 0.190 e. The molecule has 0 fully saturated rings. The third kappa shape index (κ3) is 2.22. The van der Waals surface area contributed by atoms with Crippen molar-refractivity contribution in [2.75, 3.05) is 12.0 Å². The summed E-state index contributed by atoms with van der Waals surface area (Å²) in [5, 5.41) is 1.79. The second-order valence-corrected chi connectivity index (χ2v) is 6.93. The molecular weight excluding hydrogens is 278 g/mol. The van der Waals surface area contributed by atoms with Gasteiger partial charge in [-0.25, -0.2) is 9.97 Å². The average molecular weight is 295 g/mol. The molecule has 2 aromatic heterocycles. The molecule has 6 heteroatoms. The Kier molecular flexibility index (Phi) is 3.41. The summed E-state index contributed by atoms with van der Waals surface area (Å²) in [5.41, 5.74) is 7.43. The Morgan fingerprint density at radius 1 is 1.42 bits per heavy atom. The van der Waals surface area contributed by atoms with Gasteiger partial charge in [-0.2, -0.15) is 0 Å². The van der Waals surface area contributed by atoms with Crippen molar-refractivity contribution in [2.45, 2.75) is 38.1 Å². The number of hydrogen-bond acceptors (Lipinski definition) is 6. The van der Waals surface area contributed by atoms with E-state index in [1.165, 1.54) is 22.2 Å². The van der Waals surface area contributed by atoms with Gasteiger partial charge in [-0.1, -0.05) is 25.6 Å². The van der Waals surface area contributed by atoms with Gasteiger partial charge in [-0.05, 0) is 17.7 Å². The van der Waals surface area contributed by atoms with Crippen LogP contribution in [0.1, 0.15) is 24.3 Å². The van der Waals surface area contributed by atoms with Gasteiger partial charge < -0.3 is 10.5 Å². The van der Waals surface area contributed by atoms with Crippen LogP contribution in [0.3, 0.4) is 0 Å². The summed E-state index contributed by atoms with van der Waals surface area (Å²) in [5.74, 6) is 1.12. The second kappa shape index (κ2) is 4.92. The highest BCUT2D eigenvalue weighted by Gasteiger charge is 2.27. The van der Waals surface area contributed by atoms with Gasteiger partial charge in [-0.15, -0.1) is 11.3 Å². The van der Waals surface area contributed by atoms with Crippen LogP contribution in [0.2, 0.25) is 0 Å². The van der Waals surface area contributed by atoms with Gasteiger partial charge in [-0.3, -0.25) is 0 Å². The summed E-state index contributed by atoms with van der Waals surface area (Å²) in [6.45, 7) is 5.05. The topological polar surface area (TPSA) is 61.0 Å². The van der Waals surface area contributed by atoms with Crippen LogP contribution < -0.4 is 5.73 Å². The number of thiophene rings is 1. The van der Waals surface area contributed by atoms with E-state index < -0.39 is 0 Å². The van der Waals surface area contributed by atoms with E-state index in [0.717, 1.165) is 21.8 Å². The van der Waals surface area contributed by atoms with Gasteiger partial charge in [0.15, 0.2) is 5.16 Å². The molecule has 2 aromatic rings. The Morgan fingerprint density at radius 3 is 2.89 bits per heavy atom. The van der Waals surface area contributed by atoms with Gasteiger partial charge in [0.25, 0.3) is 0 Å². The van der Waals surface area contributed by atoms with Crippen LogP contribution in [0.5, 0.6) is 0 Å². The van der Waals surface area contributed by atoms with E-state index in [9.17, 15) is 0 Å². The van der Waals surface area contributed by atoms with Crippen molar-refractivity contribution in [3.63, 3.8) is 0 Å². The molecule has 19 heavy (non-hydrogen) atoms. The molecule has 2 N–H and O–H groups in total. The third-order valence-electron chi connectivity index (χ3n) is 3.50. The van der Waals surface area contributed by atoms with Crippen LogP contribution in [0, 0.1) is 5.92 Å². The predicted octanol–water partition coefficient (Wildman–Crippen LogP) is 3.09. The zero-order chi connectivity index (χ0) is 13.6. The minimum Gasteiger partial charge on any atom is -0.383 e. The molecule has 3 rings (SSSR count). The fraction of sp³-hybridized carbons (Fsp3) is 0.538. The Labute approximate surface area is 120 Å². The summed E-state index contributed by atoms with van der Waals surface area (Å²) in [6, 6.07) is 0. The summed E-state index contributed by atoms with van der Waals surface area (Å²) >= 11 is 3.21. The fourth-order valence-electron chi connectivity index (χ4n) is 2.41. The van der Waals surface area contributed by atoms with E-state index >= 15 is 0 Å². The minimum absolute atomic E-state index is 0.268. The molecule has 0 unspecified atom stereocenters. The second-order valence-electron chi connectivity index (χ2n) is 5.08. The minimum atomic E-state index is 0.268. The van der Waals surface area contributed by atoms with Crippen molar-refractivity contribution in [3.05, 3.63) is 10.4 Å². The molecule has 0 radical (unpaired) electrons. The predicted molar refractivity (Wildman–Crippen MR) is 80.7 cm³/mol. The summed E-state index contributed by atoms with van der Waals surface area (Å²) < 4.78 is 5.91. The van der Waals surface area contributed by atoms with Crippen LogP contribution in [-0.4, -0.2) is 22.3 Å². The van der Waals surface area contributed by atoms with Crippen molar-refractivity contribution in [3.8, 4) is 0 Å². The molecule has 102 valence electrons. The first kappa shape index (κ1) is 13.1. The fourth-order valence-corrected chi connectivity index (χ4v) is 3.97. The molecule has 3 heterocycles. The number of hydrogen-bond donors (Lipinski definition) is 1. The Bertz CT molecular complexity index is 624. The number of nitrogen functional groups attached to an aromatic ring is 1. The van der Waals surface area contributed by atoms with E-state index in [0.29, 0.717) is 18.3 Å². The average Bonchev–Trinajstić information content (AvgIpc) is 2.75. The molecule has 0 aliphatic carbocycles. The molecular formula is C13H17N3OS2. The van der Waals surface area contributed by atoms with Gasteiger partial charge in [0.1, 0.15) is 10.6 Å². The number of nitrogens with two attached hydrogens (primary N) is 1. The molecule has 0 saturated heterocycles. The molecule has 0 amide bonds. The lowest BCUT2D eigenvalue weighted by Crippen LogP contribution is -2.26. The summed E-state index contributed by atoms with van der Waals surface area (Å²) in [6.07, 6.45) is 3.15. The molecule has 0 bridgehead atoms. The van der Waals surface area contributed by atoms with Crippen LogP contribution in [0.4, 0.5) is 5.82 Å². The molecule has 4 nitrogen and oxygen atoms in total. The van der Waals surface area contributed by atoms with Crippen LogP contribution in [-0.2, 0) is 17.8 Å². The smallest absolute Gasteiger partial charge is 0.190 e. The first-order valence-corrected chi connectivity index (χ1v) is 8.37. The number of ether oxygens (including phenoxy) is 1. The molecule has 0 spiro atoms. The highest BCUT2D eigenvalue weighted by molar-refractivity contribution is 7.98. The lowest BCUT2D eigenvalue weighted by Gasteiger charge is -2.26. The zero-order valence-corrected chi connectivity index (χ0v) is 12.9. The summed E-state index contributed by atoms with van der Waals surface area (Å²) in [7, 11) is 0. The van der Waals surface area contributed by atoms with E-state index in [4.69, 9.17) is 10.5 Å². The van der Waals surface area contributed by atoms with Crippen molar-refractivity contribution in [2.24, 2.45) is 5.92 Å². The monoisotopic (exact) mass is 295 g/mol. The standard InChI is InChI=1S/C13H17N3OS2/c1-6(2)8-4-7-9(5-17-8)19-12-10(7)11(14)15-13(16-12)18-3/h6,8H,4-5H2,1-3H3,(H2,14,15,16)/t8-/m1/s1. The largest absolute Gasteiger partial charge is 0.383 e. The normalized spacial score (nSPS) is 19.1. The first-order valence-electron chi connectivity index (χ1n) is 6.33. The van der Waals surface area contributed by atoms with Crippen molar-refractivity contribution >= 4 is 39.1 Å². The van der Waals surface area contributed by atoms with Gasteiger partial charge in [0.2, 0.25) is 0 Å². The number of nitrogens with zero attached hydrogens (tertiary/aromatic N) is 2. The van der Waals surface area contributed by atoms with Crippen LogP contribution in [0.15, 0.2) is 5.16 Å². The highest BCUT2D eigenvalue weighted by atomic mass is 32.2. The highest BCUT2D eigenvalue weighted by Crippen LogP contribution is 2.39. The SMILES string of the molecule is CSc1nc(N)c2c3c(sc2n1)CO[C@@H](C(C)C)C3. The maximum absolute atomic E-state index is 6.12. The molecule has 1 aliphatic rings. The quantitative estimate of drug-likeness (QED) is 0.681. The number of fused-ring (bicyclic) bond motifs is 3. The lowest BCUT2D eigenvalue weighted by molar-refractivity contribution is 0.00203. The number of thioether (sulfide) groups is 1. The Morgan fingerprint density at radius 2 is 2.21 bits per heavy atom. The number of anilines is 1. The molecule has 1 atom stereocenters. The number of rotatable bonds is 2. The molecule has 0 aromatic carbocycles. The molecule has 0 saturated carbocycles. The van der Waals surface area contributed by atoms with Gasteiger partial charge >= 0.3 is 0 Å². The van der Waals surface area contributed by atoms with Crippen molar-refractivity contribution in [1.82, 2.24) is 9.97 Å². The van der Waals surface area contributed by atoms with Crippen molar-refractivity contribution in [1.29, 1.82) is 0 Å². The first-order chi connectivity index (χ1) is 9.10. The van der Waals surface area contributed by atoms with Gasteiger partial charge in [0, 0.05) is 11.3 Å². The van der Waals surface area contributed by atoms with Gasteiger partial charge in [0.05, 0.1) is 18.1 Å². The van der Waals surface area contributed by atoms with E-state index in [2.05, 4.69) is 23.8 Å². The Hall–Kier alpha value is -0.850. The zero-order valence-electron chi connectivity index (χ0n) is 11.3. The third-order valence-corrected chi connectivity index (χ3v) is 5.15. The number of aromatic nitrogens is 2.